The van der Waals surface area contributed by atoms with E-state index in [0.717, 1.165) is 5.56 Å². The Morgan fingerprint density at radius 2 is 1.95 bits per heavy atom. The Morgan fingerprint density at radius 3 is 2.37 bits per heavy atom. The molecule has 1 aromatic rings. The van der Waals surface area contributed by atoms with Crippen molar-refractivity contribution in [1.82, 2.24) is 5.32 Å². The van der Waals surface area contributed by atoms with Crippen molar-refractivity contribution in [3.8, 4) is 0 Å². The largest absolute Gasteiger partial charge is 0.480 e. The second kappa shape index (κ2) is 6.84. The van der Waals surface area contributed by atoms with Crippen molar-refractivity contribution in [3.05, 3.63) is 39.9 Å². The molecule has 0 saturated carbocycles. The summed E-state index contributed by atoms with van der Waals surface area (Å²) < 4.78 is 0. The van der Waals surface area contributed by atoms with Crippen molar-refractivity contribution in [2.24, 2.45) is 5.92 Å². The van der Waals surface area contributed by atoms with Crippen molar-refractivity contribution >= 4 is 11.7 Å². The zero-order valence-corrected chi connectivity index (χ0v) is 11.0. The predicted molar refractivity (Wildman–Crippen MR) is 70.8 cm³/mol. The third kappa shape index (κ3) is 5.05. The molecule has 0 spiro atoms. The molecule has 0 aliphatic heterocycles. The summed E-state index contributed by atoms with van der Waals surface area (Å²) in [5.41, 5.74) is 0.848. The standard InChI is InChI=1S/C13H18N2O4/c1-9(2)7-12(13(16)17)14-8-10-3-5-11(6-4-10)15(18)19/h3-6,9,12,14H,7-8H2,1-2H3,(H,16,17). The molecule has 0 heterocycles. The molecule has 0 aliphatic rings. The van der Waals surface area contributed by atoms with Crippen LogP contribution < -0.4 is 5.32 Å². The van der Waals surface area contributed by atoms with Gasteiger partial charge >= 0.3 is 5.97 Å². The maximum atomic E-state index is 11.0. The van der Waals surface area contributed by atoms with Gasteiger partial charge in [0.15, 0.2) is 0 Å². The Labute approximate surface area is 111 Å². The first-order valence-electron chi connectivity index (χ1n) is 6.09. The number of rotatable bonds is 7. The van der Waals surface area contributed by atoms with Crippen molar-refractivity contribution in [2.45, 2.75) is 32.9 Å². The van der Waals surface area contributed by atoms with Gasteiger partial charge in [0.25, 0.3) is 5.69 Å². The monoisotopic (exact) mass is 266 g/mol. The van der Waals surface area contributed by atoms with Gasteiger partial charge in [-0.05, 0) is 17.9 Å². The lowest BCUT2D eigenvalue weighted by molar-refractivity contribution is -0.384. The number of nitro benzene ring substituents is 1. The number of nitro groups is 1. The maximum Gasteiger partial charge on any atom is 0.320 e. The van der Waals surface area contributed by atoms with Gasteiger partial charge < -0.3 is 10.4 Å². The third-order valence-corrected chi connectivity index (χ3v) is 2.70. The number of aliphatic carboxylic acids is 1. The average Bonchev–Trinajstić information content (AvgIpc) is 2.34. The zero-order chi connectivity index (χ0) is 14.4. The van der Waals surface area contributed by atoms with Crippen molar-refractivity contribution in [1.29, 1.82) is 0 Å². The highest BCUT2D eigenvalue weighted by atomic mass is 16.6. The molecule has 1 rings (SSSR count). The zero-order valence-electron chi connectivity index (χ0n) is 11.0. The lowest BCUT2D eigenvalue weighted by Gasteiger charge is -2.16. The van der Waals surface area contributed by atoms with Gasteiger partial charge in [-0.15, -0.1) is 0 Å². The maximum absolute atomic E-state index is 11.0. The number of hydrogen-bond acceptors (Lipinski definition) is 4. The fourth-order valence-corrected chi connectivity index (χ4v) is 1.72. The van der Waals surface area contributed by atoms with E-state index in [0.29, 0.717) is 13.0 Å². The van der Waals surface area contributed by atoms with Crippen molar-refractivity contribution < 1.29 is 14.8 Å². The van der Waals surface area contributed by atoms with Crippen LogP contribution in [0.5, 0.6) is 0 Å². The molecule has 0 aromatic heterocycles. The second-order valence-corrected chi connectivity index (χ2v) is 4.82. The molecule has 0 radical (unpaired) electrons. The van der Waals surface area contributed by atoms with Crippen LogP contribution in [0.3, 0.4) is 0 Å². The number of non-ortho nitro benzene ring substituents is 1. The van der Waals surface area contributed by atoms with Gasteiger partial charge in [0.2, 0.25) is 0 Å². The Kier molecular flexibility index (Phi) is 5.44. The summed E-state index contributed by atoms with van der Waals surface area (Å²) in [7, 11) is 0. The van der Waals surface area contributed by atoms with E-state index in [-0.39, 0.29) is 11.6 Å². The normalized spacial score (nSPS) is 12.4. The number of carboxylic acids is 1. The van der Waals surface area contributed by atoms with Crippen LogP contribution in [-0.2, 0) is 11.3 Å². The molecule has 6 nitrogen and oxygen atoms in total. The van der Waals surface area contributed by atoms with E-state index in [1.165, 1.54) is 12.1 Å². The minimum absolute atomic E-state index is 0.0284. The van der Waals surface area contributed by atoms with E-state index in [1.54, 1.807) is 12.1 Å². The number of carboxylic acid groups (broad SMARTS) is 1. The van der Waals surface area contributed by atoms with Gasteiger partial charge in [0.1, 0.15) is 6.04 Å². The van der Waals surface area contributed by atoms with Crippen LogP contribution in [0.15, 0.2) is 24.3 Å². The van der Waals surface area contributed by atoms with Crippen LogP contribution in [0.1, 0.15) is 25.8 Å². The highest BCUT2D eigenvalue weighted by Crippen LogP contribution is 2.12. The molecule has 0 fully saturated rings. The SMILES string of the molecule is CC(C)CC(NCc1ccc([N+](=O)[O-])cc1)C(=O)O. The first-order valence-corrected chi connectivity index (χ1v) is 6.09. The Morgan fingerprint density at radius 1 is 1.37 bits per heavy atom. The molecule has 0 amide bonds. The summed E-state index contributed by atoms with van der Waals surface area (Å²) in [6, 6.07) is 5.47. The number of benzene rings is 1. The molecule has 1 atom stereocenters. The van der Waals surface area contributed by atoms with Crippen molar-refractivity contribution in [2.75, 3.05) is 0 Å². The van der Waals surface area contributed by atoms with Gasteiger partial charge in [-0.3, -0.25) is 14.9 Å². The molecule has 2 N–H and O–H groups in total. The molecule has 19 heavy (non-hydrogen) atoms. The predicted octanol–water partition coefficient (Wildman–Crippen LogP) is 2.18. The molecule has 0 saturated heterocycles. The lowest BCUT2D eigenvalue weighted by atomic mass is 10.0. The number of carbonyl (C=O) groups is 1. The molecule has 0 aliphatic carbocycles. The van der Waals surface area contributed by atoms with Crippen molar-refractivity contribution in [3.63, 3.8) is 0 Å². The van der Waals surface area contributed by atoms with E-state index >= 15 is 0 Å². The van der Waals surface area contributed by atoms with Crippen LogP contribution >= 0.6 is 0 Å². The highest BCUT2D eigenvalue weighted by molar-refractivity contribution is 5.73. The van der Waals surface area contributed by atoms with E-state index in [4.69, 9.17) is 5.11 Å². The van der Waals surface area contributed by atoms with Crippen LogP contribution in [-0.4, -0.2) is 22.0 Å². The molecular formula is C13H18N2O4. The molecule has 1 aromatic carbocycles. The van der Waals surface area contributed by atoms with Gasteiger partial charge in [-0.25, -0.2) is 0 Å². The van der Waals surface area contributed by atoms with Gasteiger partial charge in [-0.2, -0.15) is 0 Å². The molecule has 0 bridgehead atoms. The summed E-state index contributed by atoms with van der Waals surface area (Å²) in [6.07, 6.45) is 0.544. The van der Waals surface area contributed by atoms with E-state index < -0.39 is 16.9 Å². The average molecular weight is 266 g/mol. The molecule has 104 valence electrons. The van der Waals surface area contributed by atoms with Gasteiger partial charge in [0.05, 0.1) is 4.92 Å². The summed E-state index contributed by atoms with van der Waals surface area (Å²) >= 11 is 0. The Hall–Kier alpha value is -1.95. The fraction of sp³-hybridized carbons (Fsp3) is 0.462. The molecule has 1 unspecified atom stereocenters. The van der Waals surface area contributed by atoms with E-state index in [9.17, 15) is 14.9 Å². The summed E-state index contributed by atoms with van der Waals surface area (Å²) in [6.45, 7) is 4.30. The minimum Gasteiger partial charge on any atom is -0.480 e. The summed E-state index contributed by atoms with van der Waals surface area (Å²) in [5, 5.41) is 22.5. The van der Waals surface area contributed by atoms with Gasteiger partial charge in [-0.1, -0.05) is 26.0 Å². The van der Waals surface area contributed by atoms with Crippen LogP contribution in [0.25, 0.3) is 0 Å². The van der Waals surface area contributed by atoms with Crippen LogP contribution in [0, 0.1) is 16.0 Å². The first kappa shape index (κ1) is 15.1. The third-order valence-electron chi connectivity index (χ3n) is 2.70. The van der Waals surface area contributed by atoms with Crippen LogP contribution in [0.4, 0.5) is 5.69 Å². The van der Waals surface area contributed by atoms with Gasteiger partial charge in [0, 0.05) is 18.7 Å². The number of nitrogens with zero attached hydrogens (tertiary/aromatic N) is 1. The number of hydrogen-bond donors (Lipinski definition) is 2. The Bertz CT molecular complexity index is 442. The lowest BCUT2D eigenvalue weighted by Crippen LogP contribution is -2.37. The molecular weight excluding hydrogens is 248 g/mol. The smallest absolute Gasteiger partial charge is 0.320 e. The summed E-state index contributed by atoms with van der Waals surface area (Å²) in [4.78, 5) is 21.1. The van der Waals surface area contributed by atoms with Crippen LogP contribution in [0.2, 0.25) is 0 Å². The quantitative estimate of drug-likeness (QED) is 0.583. The second-order valence-electron chi connectivity index (χ2n) is 4.82. The fourth-order valence-electron chi connectivity index (χ4n) is 1.72. The molecule has 6 heteroatoms. The topological polar surface area (TPSA) is 92.5 Å². The highest BCUT2D eigenvalue weighted by Gasteiger charge is 2.18. The van der Waals surface area contributed by atoms with E-state index in [1.807, 2.05) is 13.8 Å². The minimum atomic E-state index is -0.879. The Balaban J connectivity index is 2.59. The first-order chi connectivity index (χ1) is 8.90. The summed E-state index contributed by atoms with van der Waals surface area (Å²) in [5.74, 6) is -0.596. The number of nitrogens with one attached hydrogen (secondary N) is 1. The van der Waals surface area contributed by atoms with E-state index in [2.05, 4.69) is 5.32 Å².